The van der Waals surface area contributed by atoms with Gasteiger partial charge in [0.2, 0.25) is 0 Å². The quantitative estimate of drug-likeness (QED) is 0.673. The van der Waals surface area contributed by atoms with Gasteiger partial charge in [0.25, 0.3) is 0 Å². The van der Waals surface area contributed by atoms with E-state index in [0.717, 1.165) is 18.6 Å². The molecule has 0 unspecified atom stereocenters. The lowest BCUT2D eigenvalue weighted by Gasteiger charge is -2.30. The van der Waals surface area contributed by atoms with Crippen molar-refractivity contribution < 1.29 is 9.84 Å². The van der Waals surface area contributed by atoms with E-state index in [1.54, 1.807) is 6.07 Å². The lowest BCUT2D eigenvalue weighted by molar-refractivity contribution is 0.181. The average Bonchev–Trinajstić information content (AvgIpc) is 2.70. The summed E-state index contributed by atoms with van der Waals surface area (Å²) in [6.07, 6.45) is 7.20. The maximum absolute atomic E-state index is 9.87. The van der Waals surface area contributed by atoms with E-state index in [1.165, 1.54) is 29.5 Å². The number of rotatable bonds is 0. The third kappa shape index (κ3) is 0.927. The normalized spacial score (nSPS) is 29.4. The fraction of sp³-hybridized carbons (Fsp3) is 0.429. The molecular formula is C14H14O2. The Morgan fingerprint density at radius 3 is 3.19 bits per heavy atom. The number of benzene rings is 1. The van der Waals surface area contributed by atoms with Crippen LogP contribution in [-0.2, 0) is 6.42 Å². The molecule has 0 spiro atoms. The van der Waals surface area contributed by atoms with Gasteiger partial charge in [-0.05, 0) is 37.3 Å². The zero-order valence-electron chi connectivity index (χ0n) is 9.07. The van der Waals surface area contributed by atoms with Crippen LogP contribution < -0.4 is 4.74 Å². The number of hydrogen-bond acceptors (Lipinski definition) is 2. The van der Waals surface area contributed by atoms with Crippen molar-refractivity contribution in [2.24, 2.45) is 0 Å². The molecule has 1 aromatic rings. The van der Waals surface area contributed by atoms with E-state index in [-0.39, 0.29) is 6.10 Å². The summed E-state index contributed by atoms with van der Waals surface area (Å²) in [6, 6.07) is 3.81. The summed E-state index contributed by atoms with van der Waals surface area (Å²) in [4.78, 5) is 0. The fourth-order valence-electron chi connectivity index (χ4n) is 3.46. The molecular weight excluding hydrogens is 200 g/mol. The van der Waals surface area contributed by atoms with Crippen LogP contribution in [-0.4, -0.2) is 11.2 Å². The molecule has 1 aliphatic heterocycles. The van der Waals surface area contributed by atoms with Crippen LogP contribution in [0, 0.1) is 0 Å². The van der Waals surface area contributed by atoms with E-state index in [1.807, 2.05) is 6.07 Å². The first-order valence-electron chi connectivity index (χ1n) is 6.05. The molecule has 1 N–H and O–H groups in total. The van der Waals surface area contributed by atoms with E-state index in [4.69, 9.17) is 4.74 Å². The molecule has 4 rings (SSSR count). The van der Waals surface area contributed by atoms with Gasteiger partial charge in [0.1, 0.15) is 6.10 Å². The Hall–Kier alpha value is -1.44. The summed E-state index contributed by atoms with van der Waals surface area (Å²) >= 11 is 0. The van der Waals surface area contributed by atoms with Crippen molar-refractivity contribution in [1.29, 1.82) is 0 Å². The average molecular weight is 214 g/mol. The zero-order chi connectivity index (χ0) is 10.7. The molecule has 82 valence electrons. The smallest absolute Gasteiger partial charge is 0.165 e. The van der Waals surface area contributed by atoms with Gasteiger partial charge in [-0.1, -0.05) is 17.7 Å². The number of phenolic OH excluding ortho intramolecular Hbond substituents is 1. The first-order valence-corrected chi connectivity index (χ1v) is 6.05. The van der Waals surface area contributed by atoms with Crippen LogP contribution in [0.4, 0.5) is 0 Å². The highest BCUT2D eigenvalue weighted by molar-refractivity contribution is 5.60. The molecule has 2 heteroatoms. The van der Waals surface area contributed by atoms with Crippen molar-refractivity contribution in [3.05, 3.63) is 34.9 Å². The summed E-state index contributed by atoms with van der Waals surface area (Å²) in [5.41, 5.74) is 4.15. The third-order valence-electron chi connectivity index (χ3n) is 4.16. The van der Waals surface area contributed by atoms with E-state index < -0.39 is 0 Å². The Bertz CT molecular complexity index is 502. The van der Waals surface area contributed by atoms with Gasteiger partial charge in [0.15, 0.2) is 11.5 Å². The lowest BCUT2D eigenvalue weighted by Crippen LogP contribution is -2.26. The highest BCUT2D eigenvalue weighted by Gasteiger charge is 2.43. The molecule has 0 aromatic heterocycles. The van der Waals surface area contributed by atoms with Gasteiger partial charge in [-0.2, -0.15) is 0 Å². The Balaban J connectivity index is 1.98. The Morgan fingerprint density at radius 2 is 2.25 bits per heavy atom. The van der Waals surface area contributed by atoms with E-state index >= 15 is 0 Å². The highest BCUT2D eigenvalue weighted by atomic mass is 16.5. The second kappa shape index (κ2) is 2.82. The van der Waals surface area contributed by atoms with Crippen LogP contribution in [0.3, 0.4) is 0 Å². The van der Waals surface area contributed by atoms with Gasteiger partial charge in [0, 0.05) is 11.5 Å². The second-order valence-electron chi connectivity index (χ2n) is 5.00. The molecule has 1 fully saturated rings. The number of aromatic hydroxyl groups is 1. The van der Waals surface area contributed by atoms with Crippen molar-refractivity contribution in [1.82, 2.24) is 0 Å². The van der Waals surface area contributed by atoms with Crippen molar-refractivity contribution >= 4 is 0 Å². The lowest BCUT2D eigenvalue weighted by atomic mass is 9.74. The number of hydrogen-bond donors (Lipinski definition) is 1. The summed E-state index contributed by atoms with van der Waals surface area (Å²) in [5, 5.41) is 9.87. The summed E-state index contributed by atoms with van der Waals surface area (Å²) in [6.45, 7) is 0. The number of allylic oxidation sites excluding steroid dienone is 1. The maximum atomic E-state index is 9.87. The van der Waals surface area contributed by atoms with Crippen LogP contribution in [0.25, 0.3) is 0 Å². The minimum Gasteiger partial charge on any atom is -0.504 e. The van der Waals surface area contributed by atoms with Crippen LogP contribution in [0.15, 0.2) is 23.8 Å². The van der Waals surface area contributed by atoms with Gasteiger partial charge in [-0.3, -0.25) is 0 Å². The van der Waals surface area contributed by atoms with Crippen LogP contribution in [0.1, 0.15) is 36.3 Å². The van der Waals surface area contributed by atoms with Gasteiger partial charge in [0.05, 0.1) is 0 Å². The maximum Gasteiger partial charge on any atom is 0.165 e. The van der Waals surface area contributed by atoms with Crippen LogP contribution in [0.2, 0.25) is 0 Å². The van der Waals surface area contributed by atoms with Crippen molar-refractivity contribution in [3.8, 4) is 11.5 Å². The Kier molecular flexibility index (Phi) is 1.53. The first kappa shape index (κ1) is 8.68. The standard InChI is InChI=1S/C14H14O2/c15-10-7-6-9-5-4-8-2-1-3-11-12(8)13(9)14(10)16-11/h4,6-7,11-12,15H,1-3,5H2/t11-,12+/m0/s1. The molecule has 2 aliphatic carbocycles. The van der Waals surface area contributed by atoms with E-state index in [9.17, 15) is 5.11 Å². The minimum atomic E-state index is 0.280. The molecule has 1 saturated carbocycles. The molecule has 2 nitrogen and oxygen atoms in total. The molecule has 1 heterocycles. The number of ether oxygens (including phenoxy) is 1. The Morgan fingerprint density at radius 1 is 1.31 bits per heavy atom. The molecule has 16 heavy (non-hydrogen) atoms. The number of phenols is 1. The summed E-state index contributed by atoms with van der Waals surface area (Å²) < 4.78 is 5.94. The molecule has 0 radical (unpaired) electrons. The summed E-state index contributed by atoms with van der Waals surface area (Å²) in [7, 11) is 0. The van der Waals surface area contributed by atoms with Crippen LogP contribution in [0.5, 0.6) is 11.5 Å². The van der Waals surface area contributed by atoms with Gasteiger partial charge in [-0.15, -0.1) is 0 Å². The van der Waals surface area contributed by atoms with Gasteiger partial charge in [-0.25, -0.2) is 0 Å². The zero-order valence-corrected chi connectivity index (χ0v) is 9.07. The van der Waals surface area contributed by atoms with Crippen molar-refractivity contribution in [2.75, 3.05) is 0 Å². The van der Waals surface area contributed by atoms with Gasteiger partial charge < -0.3 is 9.84 Å². The molecule has 0 bridgehead atoms. The molecule has 1 aromatic carbocycles. The van der Waals surface area contributed by atoms with E-state index in [2.05, 4.69) is 6.08 Å². The molecule has 0 amide bonds. The van der Waals surface area contributed by atoms with Crippen molar-refractivity contribution in [3.63, 3.8) is 0 Å². The molecule has 2 atom stereocenters. The largest absolute Gasteiger partial charge is 0.504 e. The highest BCUT2D eigenvalue weighted by Crippen LogP contribution is 2.54. The fourth-order valence-corrected chi connectivity index (χ4v) is 3.46. The minimum absolute atomic E-state index is 0.280. The van der Waals surface area contributed by atoms with Crippen molar-refractivity contribution in [2.45, 2.75) is 37.7 Å². The molecule has 3 aliphatic rings. The Labute approximate surface area is 94.6 Å². The second-order valence-corrected chi connectivity index (χ2v) is 5.00. The van der Waals surface area contributed by atoms with Gasteiger partial charge >= 0.3 is 0 Å². The topological polar surface area (TPSA) is 29.5 Å². The predicted octanol–water partition coefficient (Wildman–Crippen LogP) is 2.90. The molecule has 0 saturated heterocycles. The van der Waals surface area contributed by atoms with Crippen LogP contribution >= 0.6 is 0 Å². The SMILES string of the molecule is Oc1ccc2c3c1O[C@H]1CCCC(=CC2)[C@@H]31. The summed E-state index contributed by atoms with van der Waals surface area (Å²) in [5.74, 6) is 1.52. The van der Waals surface area contributed by atoms with E-state index in [0.29, 0.717) is 11.7 Å². The third-order valence-corrected chi connectivity index (χ3v) is 4.16. The predicted molar refractivity (Wildman–Crippen MR) is 60.9 cm³/mol. The first-order chi connectivity index (χ1) is 7.84. The monoisotopic (exact) mass is 214 g/mol.